The highest BCUT2D eigenvalue weighted by Gasteiger charge is 2.14. The fourth-order valence-corrected chi connectivity index (χ4v) is 3.35. The summed E-state index contributed by atoms with van der Waals surface area (Å²) in [5.41, 5.74) is 3.01. The van der Waals surface area contributed by atoms with Crippen LogP contribution in [-0.2, 0) is 0 Å². The average molecular weight is 436 g/mol. The Kier molecular flexibility index (Phi) is 8.27. The molecular formula is C25H33N5O2. The first-order valence-corrected chi connectivity index (χ1v) is 11.1. The van der Waals surface area contributed by atoms with Crippen LogP contribution in [0, 0.1) is 6.92 Å². The van der Waals surface area contributed by atoms with E-state index in [0.29, 0.717) is 23.3 Å². The minimum atomic E-state index is 0.484. The van der Waals surface area contributed by atoms with E-state index < -0.39 is 0 Å². The lowest BCUT2D eigenvalue weighted by Gasteiger charge is -2.34. The maximum atomic E-state index is 5.99. The van der Waals surface area contributed by atoms with Gasteiger partial charge in [-0.05, 0) is 50.4 Å². The third-order valence-electron chi connectivity index (χ3n) is 5.19. The Labute approximate surface area is 191 Å². The first-order valence-electron chi connectivity index (χ1n) is 11.1. The summed E-state index contributed by atoms with van der Waals surface area (Å²) in [5, 5.41) is 3.26. The van der Waals surface area contributed by atoms with Crippen molar-refractivity contribution in [2.75, 3.05) is 50.6 Å². The van der Waals surface area contributed by atoms with Crippen LogP contribution in [-0.4, -0.2) is 55.2 Å². The standard InChI is InChI=1S/C23H27N5O2.C2H6/c1-17-16-24-23(26-22(17)30-21-7-5-4-6-20(21)29-3)25-18-8-10-19(11-9-18)28-14-12-27(2)13-15-28;1-2/h4-11,16H,12-15H2,1-3H3,(H,24,25,26);1-2H3. The Balaban J connectivity index is 0.00000141. The van der Waals surface area contributed by atoms with E-state index in [1.807, 2.05) is 45.0 Å². The number of hydrogen-bond acceptors (Lipinski definition) is 7. The van der Waals surface area contributed by atoms with Crippen molar-refractivity contribution in [1.82, 2.24) is 14.9 Å². The number of likely N-dealkylation sites (N-methyl/N-ethyl adjacent to an activating group) is 1. The van der Waals surface area contributed by atoms with Gasteiger partial charge < -0.3 is 24.6 Å². The molecular weight excluding hydrogens is 402 g/mol. The van der Waals surface area contributed by atoms with Gasteiger partial charge in [-0.1, -0.05) is 26.0 Å². The summed E-state index contributed by atoms with van der Waals surface area (Å²) in [7, 11) is 3.78. The number of ether oxygens (including phenoxy) is 2. The van der Waals surface area contributed by atoms with E-state index in [1.165, 1.54) is 5.69 Å². The first-order chi connectivity index (χ1) is 15.6. The SMILES string of the molecule is CC.COc1ccccc1Oc1nc(Nc2ccc(N3CCN(C)CC3)cc2)ncc1C. The quantitative estimate of drug-likeness (QED) is 0.577. The summed E-state index contributed by atoms with van der Waals surface area (Å²) in [6.07, 6.45) is 1.75. The predicted molar refractivity (Wildman–Crippen MR) is 131 cm³/mol. The Morgan fingerprint density at radius 1 is 0.906 bits per heavy atom. The van der Waals surface area contributed by atoms with Crippen LogP contribution in [0.4, 0.5) is 17.3 Å². The van der Waals surface area contributed by atoms with Crippen LogP contribution in [0.2, 0.25) is 0 Å². The molecule has 4 rings (SSSR count). The fourth-order valence-electron chi connectivity index (χ4n) is 3.35. The zero-order valence-electron chi connectivity index (χ0n) is 19.6. The molecule has 1 aromatic heterocycles. The molecule has 1 aliphatic heterocycles. The molecule has 1 fully saturated rings. The number of nitrogens with zero attached hydrogens (tertiary/aromatic N) is 4. The van der Waals surface area contributed by atoms with Crippen molar-refractivity contribution in [3.8, 4) is 17.4 Å². The van der Waals surface area contributed by atoms with Gasteiger partial charge in [-0.2, -0.15) is 4.98 Å². The van der Waals surface area contributed by atoms with Crippen LogP contribution in [0.25, 0.3) is 0 Å². The van der Waals surface area contributed by atoms with Gasteiger partial charge in [0.15, 0.2) is 11.5 Å². The molecule has 32 heavy (non-hydrogen) atoms. The summed E-state index contributed by atoms with van der Waals surface area (Å²) in [6.45, 7) is 10.2. The van der Waals surface area contributed by atoms with E-state index in [2.05, 4.69) is 56.4 Å². The second-order valence-corrected chi connectivity index (χ2v) is 7.40. The van der Waals surface area contributed by atoms with Gasteiger partial charge >= 0.3 is 0 Å². The lowest BCUT2D eigenvalue weighted by Crippen LogP contribution is -2.44. The molecule has 170 valence electrons. The highest BCUT2D eigenvalue weighted by atomic mass is 16.5. The van der Waals surface area contributed by atoms with Crippen LogP contribution in [0.5, 0.6) is 17.4 Å². The van der Waals surface area contributed by atoms with Gasteiger partial charge in [0.2, 0.25) is 11.8 Å². The number of piperazine rings is 1. The monoisotopic (exact) mass is 435 g/mol. The molecule has 7 heteroatoms. The van der Waals surface area contributed by atoms with Crippen molar-refractivity contribution in [2.24, 2.45) is 0 Å². The van der Waals surface area contributed by atoms with E-state index in [0.717, 1.165) is 37.4 Å². The lowest BCUT2D eigenvalue weighted by molar-refractivity contribution is 0.313. The zero-order chi connectivity index (χ0) is 22.9. The number of benzene rings is 2. The second kappa shape index (κ2) is 11.3. The molecule has 0 amide bonds. The minimum absolute atomic E-state index is 0.484. The van der Waals surface area contributed by atoms with Gasteiger partial charge in [-0.15, -0.1) is 0 Å². The summed E-state index contributed by atoms with van der Waals surface area (Å²) in [4.78, 5) is 13.7. The fraction of sp³-hybridized carbons (Fsp3) is 0.360. The molecule has 0 radical (unpaired) electrons. The van der Waals surface area contributed by atoms with Crippen LogP contribution in [0.1, 0.15) is 19.4 Å². The van der Waals surface area contributed by atoms with Crippen molar-refractivity contribution in [1.29, 1.82) is 0 Å². The van der Waals surface area contributed by atoms with Crippen LogP contribution in [0.3, 0.4) is 0 Å². The summed E-state index contributed by atoms with van der Waals surface area (Å²) in [6, 6.07) is 15.9. The molecule has 7 nitrogen and oxygen atoms in total. The largest absolute Gasteiger partial charge is 0.493 e. The maximum Gasteiger partial charge on any atom is 0.230 e. The Hall–Kier alpha value is -3.32. The van der Waals surface area contributed by atoms with E-state index in [1.54, 1.807) is 13.3 Å². The van der Waals surface area contributed by atoms with Crippen molar-refractivity contribution >= 4 is 17.3 Å². The van der Waals surface area contributed by atoms with Crippen molar-refractivity contribution in [2.45, 2.75) is 20.8 Å². The van der Waals surface area contributed by atoms with E-state index in [9.17, 15) is 0 Å². The molecule has 0 unspecified atom stereocenters. The second-order valence-electron chi connectivity index (χ2n) is 7.40. The molecule has 0 aliphatic carbocycles. The van der Waals surface area contributed by atoms with Crippen LogP contribution < -0.4 is 19.7 Å². The van der Waals surface area contributed by atoms with E-state index in [-0.39, 0.29) is 0 Å². The third-order valence-corrected chi connectivity index (χ3v) is 5.19. The Morgan fingerprint density at radius 3 is 2.22 bits per heavy atom. The molecule has 0 spiro atoms. The number of para-hydroxylation sites is 2. The highest BCUT2D eigenvalue weighted by Crippen LogP contribution is 2.32. The number of anilines is 3. The van der Waals surface area contributed by atoms with Crippen LogP contribution >= 0.6 is 0 Å². The summed E-state index contributed by atoms with van der Waals surface area (Å²) in [5.74, 6) is 2.25. The Bertz CT molecular complexity index is 986. The number of aromatic nitrogens is 2. The van der Waals surface area contributed by atoms with E-state index >= 15 is 0 Å². The molecule has 0 atom stereocenters. The van der Waals surface area contributed by atoms with Crippen LogP contribution in [0.15, 0.2) is 54.7 Å². The smallest absolute Gasteiger partial charge is 0.230 e. The van der Waals surface area contributed by atoms with Gasteiger partial charge in [0.25, 0.3) is 0 Å². The number of aryl methyl sites for hydroxylation is 1. The summed E-state index contributed by atoms with van der Waals surface area (Å²) < 4.78 is 11.3. The van der Waals surface area contributed by atoms with Crippen molar-refractivity contribution in [3.05, 3.63) is 60.3 Å². The summed E-state index contributed by atoms with van der Waals surface area (Å²) >= 11 is 0. The maximum absolute atomic E-state index is 5.99. The zero-order valence-corrected chi connectivity index (χ0v) is 19.6. The Morgan fingerprint density at radius 2 is 1.56 bits per heavy atom. The highest BCUT2D eigenvalue weighted by molar-refractivity contribution is 5.60. The number of nitrogens with one attached hydrogen (secondary N) is 1. The van der Waals surface area contributed by atoms with Crippen molar-refractivity contribution < 1.29 is 9.47 Å². The van der Waals surface area contributed by atoms with Gasteiger partial charge in [0.1, 0.15) is 0 Å². The molecule has 1 aliphatic rings. The minimum Gasteiger partial charge on any atom is -0.493 e. The predicted octanol–water partition coefficient (Wildman–Crippen LogP) is 5.11. The first kappa shape index (κ1) is 23.3. The molecule has 2 aromatic carbocycles. The molecule has 1 saturated heterocycles. The van der Waals surface area contributed by atoms with Gasteiger partial charge in [-0.3, -0.25) is 0 Å². The van der Waals surface area contributed by atoms with Crippen molar-refractivity contribution in [3.63, 3.8) is 0 Å². The molecule has 0 saturated carbocycles. The number of methoxy groups -OCH3 is 1. The molecule has 0 bridgehead atoms. The molecule has 2 heterocycles. The number of hydrogen-bond donors (Lipinski definition) is 1. The van der Waals surface area contributed by atoms with Gasteiger partial charge in [0.05, 0.1) is 7.11 Å². The van der Waals surface area contributed by atoms with E-state index in [4.69, 9.17) is 9.47 Å². The third kappa shape index (κ3) is 5.88. The van der Waals surface area contributed by atoms with Gasteiger partial charge in [0, 0.05) is 49.3 Å². The molecule has 3 aromatic rings. The normalized spacial score (nSPS) is 13.7. The lowest BCUT2D eigenvalue weighted by atomic mass is 10.2. The topological polar surface area (TPSA) is 62.8 Å². The number of rotatable bonds is 6. The van der Waals surface area contributed by atoms with Gasteiger partial charge in [-0.25, -0.2) is 4.98 Å². The average Bonchev–Trinajstić information content (AvgIpc) is 2.84. The molecule has 1 N–H and O–H groups in total.